The molecule has 2 aromatic carbocycles. The lowest BCUT2D eigenvalue weighted by Crippen LogP contribution is -2.45. The van der Waals surface area contributed by atoms with E-state index in [0.717, 1.165) is 21.8 Å². The quantitative estimate of drug-likeness (QED) is 0.697. The highest BCUT2D eigenvalue weighted by atomic mass is 32.1. The van der Waals surface area contributed by atoms with Crippen molar-refractivity contribution in [3.8, 4) is 5.75 Å². The summed E-state index contributed by atoms with van der Waals surface area (Å²) in [7, 11) is 3.38. The first-order valence-corrected chi connectivity index (χ1v) is 10.3. The van der Waals surface area contributed by atoms with E-state index in [0.29, 0.717) is 12.1 Å². The van der Waals surface area contributed by atoms with Gasteiger partial charge in [0.15, 0.2) is 0 Å². The maximum atomic E-state index is 13.4. The van der Waals surface area contributed by atoms with Gasteiger partial charge >= 0.3 is 0 Å². The predicted octanol–water partition coefficient (Wildman–Crippen LogP) is 3.98. The van der Waals surface area contributed by atoms with Crippen LogP contribution in [0.2, 0.25) is 0 Å². The SMILES string of the molecule is COc1ccccc1CNC(=O)C1c2ccccc2C(=O)N(C)C1c1cccs1. The lowest BCUT2D eigenvalue weighted by Gasteiger charge is -2.39. The van der Waals surface area contributed by atoms with Gasteiger partial charge in [-0.2, -0.15) is 0 Å². The molecule has 1 N–H and O–H groups in total. The van der Waals surface area contributed by atoms with Crippen LogP contribution in [0.25, 0.3) is 0 Å². The summed E-state index contributed by atoms with van der Waals surface area (Å²) < 4.78 is 5.39. The third kappa shape index (κ3) is 3.51. The van der Waals surface area contributed by atoms with Crippen LogP contribution in [0.1, 0.15) is 38.3 Å². The van der Waals surface area contributed by atoms with Crippen LogP contribution in [-0.4, -0.2) is 30.9 Å². The number of hydrogen-bond acceptors (Lipinski definition) is 4. The van der Waals surface area contributed by atoms with Crippen LogP contribution in [-0.2, 0) is 11.3 Å². The first-order valence-electron chi connectivity index (χ1n) is 9.41. The molecule has 0 radical (unpaired) electrons. The summed E-state index contributed by atoms with van der Waals surface area (Å²) in [6.07, 6.45) is 0. The molecule has 2 heterocycles. The second kappa shape index (κ2) is 8.09. The standard InChI is InChI=1S/C23H22N2O3S/c1-25-21(19-12-7-13-29-19)20(16-9-4-5-10-17(16)23(25)27)22(26)24-14-15-8-3-6-11-18(15)28-2/h3-13,20-21H,14H2,1-2H3,(H,24,26). The normalized spacial score (nSPS) is 18.3. The monoisotopic (exact) mass is 406 g/mol. The van der Waals surface area contributed by atoms with Crippen molar-refractivity contribution in [3.05, 3.63) is 87.6 Å². The molecule has 1 aliphatic heterocycles. The minimum atomic E-state index is -0.484. The summed E-state index contributed by atoms with van der Waals surface area (Å²) in [6, 6.07) is 18.6. The molecule has 5 nitrogen and oxygen atoms in total. The van der Waals surface area contributed by atoms with E-state index in [1.165, 1.54) is 0 Å². The van der Waals surface area contributed by atoms with Gasteiger partial charge in [-0.15, -0.1) is 11.3 Å². The number of thiophene rings is 1. The zero-order chi connectivity index (χ0) is 20.4. The first kappa shape index (κ1) is 19.2. The van der Waals surface area contributed by atoms with Gasteiger partial charge in [-0.05, 0) is 29.1 Å². The Balaban J connectivity index is 1.69. The number of hydrogen-bond donors (Lipinski definition) is 1. The number of amides is 2. The Morgan fingerprint density at radius 1 is 1.10 bits per heavy atom. The molecule has 4 rings (SSSR count). The van der Waals surface area contributed by atoms with Gasteiger partial charge in [0.05, 0.1) is 19.1 Å². The summed E-state index contributed by atoms with van der Waals surface area (Å²) >= 11 is 1.56. The van der Waals surface area contributed by atoms with Crippen molar-refractivity contribution in [3.63, 3.8) is 0 Å². The van der Waals surface area contributed by atoms with Crippen LogP contribution in [0.4, 0.5) is 0 Å². The molecule has 6 heteroatoms. The van der Waals surface area contributed by atoms with E-state index in [4.69, 9.17) is 4.74 Å². The summed E-state index contributed by atoms with van der Waals surface area (Å²) in [5.41, 5.74) is 2.26. The Morgan fingerprint density at radius 3 is 2.62 bits per heavy atom. The van der Waals surface area contributed by atoms with E-state index in [1.54, 1.807) is 36.5 Å². The third-order valence-corrected chi connectivity index (χ3v) is 6.29. The van der Waals surface area contributed by atoms with E-state index in [1.807, 2.05) is 60.0 Å². The fraction of sp³-hybridized carbons (Fsp3) is 0.217. The van der Waals surface area contributed by atoms with Gasteiger partial charge in [-0.1, -0.05) is 42.5 Å². The molecule has 1 aromatic heterocycles. The van der Waals surface area contributed by atoms with Gasteiger partial charge in [-0.3, -0.25) is 9.59 Å². The van der Waals surface area contributed by atoms with Gasteiger partial charge in [-0.25, -0.2) is 0 Å². The molecule has 3 aromatic rings. The highest BCUT2D eigenvalue weighted by molar-refractivity contribution is 7.10. The van der Waals surface area contributed by atoms with E-state index in [2.05, 4.69) is 5.32 Å². The topological polar surface area (TPSA) is 58.6 Å². The molecular formula is C23H22N2O3S. The van der Waals surface area contributed by atoms with Crippen LogP contribution in [0.5, 0.6) is 5.75 Å². The maximum Gasteiger partial charge on any atom is 0.254 e. The molecule has 2 atom stereocenters. The number of benzene rings is 2. The maximum absolute atomic E-state index is 13.4. The molecule has 2 unspecified atom stereocenters. The smallest absolute Gasteiger partial charge is 0.254 e. The number of ether oxygens (including phenoxy) is 1. The Morgan fingerprint density at radius 2 is 1.86 bits per heavy atom. The van der Waals surface area contributed by atoms with Crippen molar-refractivity contribution >= 4 is 23.2 Å². The summed E-state index contributed by atoms with van der Waals surface area (Å²) in [6.45, 7) is 0.357. The molecule has 148 valence electrons. The van der Waals surface area contributed by atoms with Gasteiger partial charge in [0.1, 0.15) is 5.75 Å². The van der Waals surface area contributed by atoms with Crippen molar-refractivity contribution < 1.29 is 14.3 Å². The van der Waals surface area contributed by atoms with Crippen molar-refractivity contribution in [2.24, 2.45) is 0 Å². The third-order valence-electron chi connectivity index (χ3n) is 5.34. The molecule has 2 amide bonds. The summed E-state index contributed by atoms with van der Waals surface area (Å²) in [5, 5.41) is 5.03. The molecule has 1 aliphatic rings. The number of nitrogens with zero attached hydrogens (tertiary/aromatic N) is 1. The molecule has 0 saturated heterocycles. The van der Waals surface area contributed by atoms with Gasteiger partial charge in [0.25, 0.3) is 5.91 Å². The van der Waals surface area contributed by atoms with Gasteiger partial charge in [0.2, 0.25) is 5.91 Å². The fourth-order valence-electron chi connectivity index (χ4n) is 3.91. The number of methoxy groups -OCH3 is 1. The minimum Gasteiger partial charge on any atom is -0.496 e. The Kier molecular flexibility index (Phi) is 5.36. The average molecular weight is 407 g/mol. The first-order chi connectivity index (χ1) is 14.1. The number of para-hydroxylation sites is 1. The van der Waals surface area contributed by atoms with E-state index in [-0.39, 0.29) is 17.9 Å². The highest BCUT2D eigenvalue weighted by Crippen LogP contribution is 2.43. The summed E-state index contributed by atoms with van der Waals surface area (Å²) in [5.74, 6) is 0.0788. The predicted molar refractivity (Wildman–Crippen MR) is 113 cm³/mol. The Bertz CT molecular complexity index is 1030. The zero-order valence-electron chi connectivity index (χ0n) is 16.3. The van der Waals surface area contributed by atoms with E-state index in [9.17, 15) is 9.59 Å². The van der Waals surface area contributed by atoms with E-state index >= 15 is 0 Å². The zero-order valence-corrected chi connectivity index (χ0v) is 17.1. The number of nitrogens with one attached hydrogen (secondary N) is 1. The largest absolute Gasteiger partial charge is 0.496 e. The van der Waals surface area contributed by atoms with Crippen molar-refractivity contribution in [1.29, 1.82) is 0 Å². The Hall–Kier alpha value is -3.12. The van der Waals surface area contributed by atoms with Crippen LogP contribution < -0.4 is 10.1 Å². The highest BCUT2D eigenvalue weighted by Gasteiger charge is 2.42. The van der Waals surface area contributed by atoms with Gasteiger partial charge in [0, 0.05) is 29.6 Å². The number of likely N-dealkylation sites (N-methyl/N-ethyl adjacent to an activating group) is 1. The number of carbonyl (C=O) groups excluding carboxylic acids is 2. The van der Waals surface area contributed by atoms with Crippen molar-refractivity contribution in [1.82, 2.24) is 10.2 Å². The summed E-state index contributed by atoms with van der Waals surface area (Å²) in [4.78, 5) is 29.0. The van der Waals surface area contributed by atoms with Crippen molar-refractivity contribution in [2.45, 2.75) is 18.5 Å². The minimum absolute atomic E-state index is 0.0622. The molecule has 0 fully saturated rings. The van der Waals surface area contributed by atoms with Crippen LogP contribution >= 0.6 is 11.3 Å². The van der Waals surface area contributed by atoms with Gasteiger partial charge < -0.3 is 15.0 Å². The molecule has 0 spiro atoms. The Labute approximate surface area is 173 Å². The molecule has 0 bridgehead atoms. The lowest BCUT2D eigenvalue weighted by atomic mass is 9.81. The lowest BCUT2D eigenvalue weighted by molar-refractivity contribution is -0.124. The van der Waals surface area contributed by atoms with Crippen molar-refractivity contribution in [2.75, 3.05) is 14.2 Å². The van der Waals surface area contributed by atoms with Crippen LogP contribution in [0.3, 0.4) is 0 Å². The number of rotatable bonds is 5. The molecular weight excluding hydrogens is 384 g/mol. The number of fused-ring (bicyclic) bond motifs is 1. The second-order valence-electron chi connectivity index (χ2n) is 6.97. The molecule has 0 aliphatic carbocycles. The number of carbonyl (C=O) groups is 2. The molecule has 29 heavy (non-hydrogen) atoms. The fourth-order valence-corrected chi connectivity index (χ4v) is 4.82. The van der Waals surface area contributed by atoms with Crippen LogP contribution in [0.15, 0.2) is 66.0 Å². The average Bonchev–Trinajstić information content (AvgIpc) is 3.29. The second-order valence-corrected chi connectivity index (χ2v) is 7.95. The van der Waals surface area contributed by atoms with E-state index < -0.39 is 5.92 Å². The molecule has 0 saturated carbocycles. The van der Waals surface area contributed by atoms with Crippen LogP contribution in [0, 0.1) is 0 Å².